The van der Waals surface area contributed by atoms with Crippen LogP contribution in [0.25, 0.3) is 0 Å². The molecule has 0 amide bonds. The maximum atomic E-state index is 5.43. The number of rotatable bonds is 1. The summed E-state index contributed by atoms with van der Waals surface area (Å²) >= 11 is 0. The Bertz CT molecular complexity index is 252. The van der Waals surface area contributed by atoms with Crippen molar-refractivity contribution in [2.45, 2.75) is 45.1 Å². The zero-order chi connectivity index (χ0) is 11.8. The molecular formula is C14H24N2. The summed E-state index contributed by atoms with van der Waals surface area (Å²) in [4.78, 5) is 0. The number of nitrogens with one attached hydrogen (secondary N) is 1. The zero-order valence-corrected chi connectivity index (χ0v) is 10.5. The molecule has 0 aromatic heterocycles. The van der Waals surface area contributed by atoms with E-state index in [0.29, 0.717) is 0 Å². The van der Waals surface area contributed by atoms with Crippen molar-refractivity contribution in [2.75, 3.05) is 12.8 Å². The highest BCUT2D eigenvalue weighted by atomic mass is 14.9. The first-order chi connectivity index (χ1) is 7.72. The Balaban J connectivity index is 0.000000160. The minimum atomic E-state index is 0.829. The number of hydrogen-bond acceptors (Lipinski definition) is 2. The van der Waals surface area contributed by atoms with Gasteiger partial charge < -0.3 is 11.1 Å². The Morgan fingerprint density at radius 1 is 1.06 bits per heavy atom. The summed E-state index contributed by atoms with van der Waals surface area (Å²) in [6.45, 7) is 2.04. The molecule has 2 nitrogen and oxygen atoms in total. The van der Waals surface area contributed by atoms with Crippen molar-refractivity contribution in [1.82, 2.24) is 5.32 Å². The first-order valence-electron chi connectivity index (χ1n) is 6.22. The fourth-order valence-corrected chi connectivity index (χ4v) is 1.96. The van der Waals surface area contributed by atoms with Crippen molar-refractivity contribution in [3.8, 4) is 0 Å². The molecular weight excluding hydrogens is 196 g/mol. The summed E-state index contributed by atoms with van der Waals surface area (Å²) < 4.78 is 0. The van der Waals surface area contributed by atoms with Gasteiger partial charge in [-0.05, 0) is 38.9 Å². The number of hydrogen-bond donors (Lipinski definition) is 2. The van der Waals surface area contributed by atoms with Crippen LogP contribution in [-0.2, 0) is 0 Å². The summed E-state index contributed by atoms with van der Waals surface area (Å²) in [5.74, 6) is 0. The van der Waals surface area contributed by atoms with Crippen LogP contribution in [0.3, 0.4) is 0 Å². The molecule has 2 rings (SSSR count). The molecule has 1 aromatic carbocycles. The van der Waals surface area contributed by atoms with E-state index in [1.165, 1.54) is 37.7 Å². The average molecular weight is 220 g/mol. The third-order valence-corrected chi connectivity index (χ3v) is 3.09. The SMILES string of the molecule is CNC1CCCCC1.Cc1ccc(N)cc1. The van der Waals surface area contributed by atoms with E-state index in [1.807, 2.05) is 31.2 Å². The second kappa shape index (κ2) is 7.29. The van der Waals surface area contributed by atoms with Gasteiger partial charge in [0.05, 0.1) is 0 Å². The Morgan fingerprint density at radius 2 is 1.62 bits per heavy atom. The average Bonchev–Trinajstić information content (AvgIpc) is 2.35. The van der Waals surface area contributed by atoms with Crippen LogP contribution in [0, 0.1) is 6.92 Å². The third-order valence-electron chi connectivity index (χ3n) is 3.09. The lowest BCUT2D eigenvalue weighted by Crippen LogP contribution is -2.26. The van der Waals surface area contributed by atoms with Crippen molar-refractivity contribution < 1.29 is 0 Å². The lowest BCUT2D eigenvalue weighted by molar-refractivity contribution is 0.394. The van der Waals surface area contributed by atoms with Gasteiger partial charge in [0.1, 0.15) is 0 Å². The van der Waals surface area contributed by atoms with Crippen molar-refractivity contribution in [2.24, 2.45) is 0 Å². The van der Waals surface area contributed by atoms with Crippen LogP contribution in [0.2, 0.25) is 0 Å². The lowest BCUT2D eigenvalue weighted by atomic mass is 9.96. The van der Waals surface area contributed by atoms with Gasteiger partial charge in [0, 0.05) is 11.7 Å². The normalized spacial score (nSPS) is 16.4. The van der Waals surface area contributed by atoms with Crippen LogP contribution in [0.1, 0.15) is 37.7 Å². The molecule has 0 bridgehead atoms. The van der Waals surface area contributed by atoms with Crippen LogP contribution >= 0.6 is 0 Å². The topological polar surface area (TPSA) is 38.0 Å². The predicted octanol–water partition coefficient (Wildman–Crippen LogP) is 3.12. The maximum absolute atomic E-state index is 5.43. The molecule has 0 unspecified atom stereocenters. The minimum Gasteiger partial charge on any atom is -0.399 e. The van der Waals surface area contributed by atoms with Gasteiger partial charge in [-0.15, -0.1) is 0 Å². The third kappa shape index (κ3) is 5.17. The van der Waals surface area contributed by atoms with E-state index in [0.717, 1.165) is 11.7 Å². The van der Waals surface area contributed by atoms with Gasteiger partial charge in [0.15, 0.2) is 0 Å². The number of benzene rings is 1. The molecule has 0 heterocycles. The number of nitrogen functional groups attached to an aromatic ring is 1. The van der Waals surface area contributed by atoms with E-state index in [4.69, 9.17) is 5.73 Å². The second-order valence-corrected chi connectivity index (χ2v) is 4.53. The summed E-state index contributed by atoms with van der Waals surface area (Å²) in [5, 5.41) is 3.30. The molecule has 0 radical (unpaired) electrons. The van der Waals surface area contributed by atoms with Gasteiger partial charge in [-0.3, -0.25) is 0 Å². The van der Waals surface area contributed by atoms with Gasteiger partial charge in [-0.25, -0.2) is 0 Å². The fraction of sp³-hybridized carbons (Fsp3) is 0.571. The van der Waals surface area contributed by atoms with Crippen molar-refractivity contribution in [3.05, 3.63) is 29.8 Å². The molecule has 0 saturated heterocycles. The molecule has 1 aromatic rings. The molecule has 0 atom stereocenters. The predicted molar refractivity (Wildman–Crippen MR) is 71.5 cm³/mol. The Kier molecular flexibility index (Phi) is 5.94. The van der Waals surface area contributed by atoms with Crippen molar-refractivity contribution in [1.29, 1.82) is 0 Å². The summed E-state index contributed by atoms with van der Waals surface area (Å²) in [5.41, 5.74) is 7.51. The van der Waals surface area contributed by atoms with Gasteiger partial charge in [-0.1, -0.05) is 37.0 Å². The van der Waals surface area contributed by atoms with Gasteiger partial charge in [0.2, 0.25) is 0 Å². The van der Waals surface area contributed by atoms with E-state index >= 15 is 0 Å². The molecule has 1 aliphatic carbocycles. The highest BCUT2D eigenvalue weighted by molar-refractivity contribution is 5.38. The molecule has 2 heteroatoms. The van der Waals surface area contributed by atoms with E-state index in [-0.39, 0.29) is 0 Å². The van der Waals surface area contributed by atoms with Crippen molar-refractivity contribution >= 4 is 5.69 Å². The van der Waals surface area contributed by atoms with Crippen LogP contribution in [0.5, 0.6) is 0 Å². The quantitative estimate of drug-likeness (QED) is 0.714. The molecule has 16 heavy (non-hydrogen) atoms. The minimum absolute atomic E-state index is 0.829. The first-order valence-corrected chi connectivity index (χ1v) is 6.22. The van der Waals surface area contributed by atoms with Crippen LogP contribution in [-0.4, -0.2) is 13.1 Å². The number of nitrogens with two attached hydrogens (primary N) is 1. The summed E-state index contributed by atoms with van der Waals surface area (Å²) in [6, 6.07) is 8.62. The summed E-state index contributed by atoms with van der Waals surface area (Å²) in [7, 11) is 2.07. The highest BCUT2D eigenvalue weighted by Crippen LogP contribution is 2.16. The van der Waals surface area contributed by atoms with Gasteiger partial charge >= 0.3 is 0 Å². The Morgan fingerprint density at radius 3 is 2.00 bits per heavy atom. The molecule has 1 fully saturated rings. The van der Waals surface area contributed by atoms with E-state index in [2.05, 4.69) is 12.4 Å². The fourth-order valence-electron chi connectivity index (χ4n) is 1.96. The van der Waals surface area contributed by atoms with Crippen LogP contribution < -0.4 is 11.1 Å². The van der Waals surface area contributed by atoms with Gasteiger partial charge in [-0.2, -0.15) is 0 Å². The molecule has 3 N–H and O–H groups in total. The second-order valence-electron chi connectivity index (χ2n) is 4.53. The zero-order valence-electron chi connectivity index (χ0n) is 10.5. The lowest BCUT2D eigenvalue weighted by Gasteiger charge is -2.20. The monoisotopic (exact) mass is 220 g/mol. The van der Waals surface area contributed by atoms with E-state index in [1.54, 1.807) is 0 Å². The van der Waals surface area contributed by atoms with E-state index in [9.17, 15) is 0 Å². The first kappa shape index (κ1) is 13.0. The number of anilines is 1. The smallest absolute Gasteiger partial charge is 0.0314 e. The molecule has 90 valence electrons. The van der Waals surface area contributed by atoms with Crippen LogP contribution in [0.4, 0.5) is 5.69 Å². The highest BCUT2D eigenvalue weighted by Gasteiger charge is 2.09. The Labute approximate surface area is 99.2 Å². The molecule has 0 aliphatic heterocycles. The van der Waals surface area contributed by atoms with Gasteiger partial charge in [0.25, 0.3) is 0 Å². The molecule has 0 spiro atoms. The standard InChI is InChI=1S/C7H9N.C7H15N/c1-6-2-4-7(8)5-3-6;1-8-7-5-3-2-4-6-7/h2-5H,8H2,1H3;7-8H,2-6H2,1H3. The van der Waals surface area contributed by atoms with Crippen LogP contribution in [0.15, 0.2) is 24.3 Å². The largest absolute Gasteiger partial charge is 0.399 e. The molecule has 1 aliphatic rings. The van der Waals surface area contributed by atoms with E-state index < -0.39 is 0 Å². The number of aryl methyl sites for hydroxylation is 1. The summed E-state index contributed by atoms with van der Waals surface area (Å²) in [6.07, 6.45) is 7.13. The maximum Gasteiger partial charge on any atom is 0.0314 e. The Hall–Kier alpha value is -1.02. The molecule has 1 saturated carbocycles. The van der Waals surface area contributed by atoms with Crippen molar-refractivity contribution in [3.63, 3.8) is 0 Å².